The fraction of sp³-hybridized carbons (Fsp3) is 0.400. The predicted molar refractivity (Wildman–Crippen MR) is 111 cm³/mol. The number of nitrogens with one attached hydrogen (secondary N) is 1. The number of fused-ring (bicyclic) bond motifs is 1. The average molecular weight is 451 g/mol. The van der Waals surface area contributed by atoms with Gasteiger partial charge < -0.3 is 15.0 Å². The Balaban J connectivity index is 1.59. The van der Waals surface area contributed by atoms with Gasteiger partial charge in [-0.3, -0.25) is 4.79 Å². The van der Waals surface area contributed by atoms with Crippen molar-refractivity contribution in [2.24, 2.45) is 0 Å². The summed E-state index contributed by atoms with van der Waals surface area (Å²) in [6.07, 6.45) is -1.81. The second-order valence-electron chi connectivity index (χ2n) is 7.18. The number of hydrogen-bond donors (Lipinski definition) is 1. The Kier molecular flexibility index (Phi) is 5.69. The normalized spacial score (nSPS) is 15.3. The summed E-state index contributed by atoms with van der Waals surface area (Å²) in [5, 5.41) is 3.87. The smallest absolute Gasteiger partial charge is 0.417 e. The Hall–Kier alpha value is -2.95. The van der Waals surface area contributed by atoms with Gasteiger partial charge in [-0.05, 0) is 13.0 Å². The van der Waals surface area contributed by atoms with Crippen LogP contribution in [0.15, 0.2) is 23.7 Å². The molecule has 0 bridgehead atoms. The van der Waals surface area contributed by atoms with Gasteiger partial charge in [0.2, 0.25) is 5.88 Å². The van der Waals surface area contributed by atoms with Crippen molar-refractivity contribution in [1.29, 1.82) is 0 Å². The Morgan fingerprint density at radius 2 is 2.03 bits per heavy atom. The van der Waals surface area contributed by atoms with Crippen LogP contribution in [0.2, 0.25) is 0 Å². The third-order valence-electron chi connectivity index (χ3n) is 5.09. The van der Waals surface area contributed by atoms with E-state index in [4.69, 9.17) is 4.74 Å². The average Bonchev–Trinajstić information content (AvgIpc) is 3.16. The van der Waals surface area contributed by atoms with Crippen molar-refractivity contribution in [3.8, 4) is 5.88 Å². The fourth-order valence-corrected chi connectivity index (χ4v) is 4.56. The van der Waals surface area contributed by atoms with Crippen molar-refractivity contribution in [1.82, 2.24) is 20.3 Å². The first-order chi connectivity index (χ1) is 14.8. The number of anilines is 1. The van der Waals surface area contributed by atoms with Crippen LogP contribution in [0.5, 0.6) is 5.88 Å². The number of ether oxygens (including phenoxy) is 1. The Bertz CT molecular complexity index is 1110. The topological polar surface area (TPSA) is 80.2 Å². The van der Waals surface area contributed by atoms with Crippen molar-refractivity contribution in [2.75, 3.05) is 25.0 Å². The molecule has 1 saturated heterocycles. The monoisotopic (exact) mass is 451 g/mol. The molecule has 0 unspecified atom stereocenters. The molecule has 11 heteroatoms. The van der Waals surface area contributed by atoms with E-state index in [9.17, 15) is 18.0 Å². The Labute approximate surface area is 180 Å². The van der Waals surface area contributed by atoms with E-state index in [2.05, 4.69) is 20.3 Å². The number of piperidine rings is 1. The summed E-state index contributed by atoms with van der Waals surface area (Å²) in [6.45, 7) is 2.72. The molecule has 1 amide bonds. The van der Waals surface area contributed by atoms with E-state index in [1.165, 1.54) is 12.4 Å². The maximum absolute atomic E-state index is 13.7. The summed E-state index contributed by atoms with van der Waals surface area (Å²) >= 11 is 0.875. The van der Waals surface area contributed by atoms with Crippen molar-refractivity contribution < 1.29 is 22.7 Å². The van der Waals surface area contributed by atoms with E-state index in [-0.39, 0.29) is 27.7 Å². The third-order valence-corrected chi connectivity index (χ3v) is 6.09. The van der Waals surface area contributed by atoms with Gasteiger partial charge in [0.1, 0.15) is 17.7 Å². The lowest BCUT2D eigenvalue weighted by Crippen LogP contribution is -2.39. The van der Waals surface area contributed by atoms with E-state index in [0.29, 0.717) is 37.6 Å². The summed E-state index contributed by atoms with van der Waals surface area (Å²) in [5.74, 6) is 0.837. The summed E-state index contributed by atoms with van der Waals surface area (Å²) in [6, 6.07) is 2.75. The highest BCUT2D eigenvalue weighted by Gasteiger charge is 2.36. The molecule has 4 heterocycles. The zero-order chi connectivity index (χ0) is 22.2. The van der Waals surface area contributed by atoms with Gasteiger partial charge >= 0.3 is 6.18 Å². The van der Waals surface area contributed by atoms with Crippen LogP contribution in [0, 0.1) is 6.92 Å². The maximum Gasteiger partial charge on any atom is 0.417 e. The second-order valence-corrected chi connectivity index (χ2v) is 8.06. The molecule has 0 aliphatic carbocycles. The molecule has 0 aromatic carbocycles. The minimum Gasteiger partial charge on any atom is -0.474 e. The molecule has 3 aromatic rings. The maximum atomic E-state index is 13.7. The number of nitrogens with zero attached hydrogens (tertiary/aromatic N) is 4. The van der Waals surface area contributed by atoms with Gasteiger partial charge in [0.15, 0.2) is 0 Å². The number of carbonyl (C=O) groups is 1. The fourth-order valence-electron chi connectivity index (χ4n) is 3.54. The Morgan fingerprint density at radius 1 is 1.29 bits per heavy atom. The van der Waals surface area contributed by atoms with Crippen LogP contribution < -0.4 is 15.0 Å². The molecule has 164 valence electrons. The molecule has 0 atom stereocenters. The first-order valence-corrected chi connectivity index (χ1v) is 10.6. The molecule has 1 fully saturated rings. The van der Waals surface area contributed by atoms with Crippen LogP contribution in [-0.2, 0) is 6.18 Å². The number of halogens is 3. The van der Waals surface area contributed by atoms with Crippen LogP contribution in [0.1, 0.15) is 34.6 Å². The van der Waals surface area contributed by atoms with Crippen molar-refractivity contribution >= 4 is 33.3 Å². The number of thiophene rings is 1. The molecular formula is C20H20F3N5O2S. The molecule has 3 aromatic heterocycles. The highest BCUT2D eigenvalue weighted by molar-refractivity contribution is 7.17. The summed E-state index contributed by atoms with van der Waals surface area (Å²) < 4.78 is 47.0. The van der Waals surface area contributed by atoms with E-state index >= 15 is 0 Å². The quantitative estimate of drug-likeness (QED) is 0.650. The zero-order valence-electron chi connectivity index (χ0n) is 16.9. The molecule has 1 aliphatic rings. The lowest BCUT2D eigenvalue weighted by molar-refractivity contribution is -0.136. The number of aryl methyl sites for hydroxylation is 1. The number of pyridine rings is 1. The first-order valence-electron chi connectivity index (χ1n) is 9.69. The standard InChI is InChI=1S/C20H20F3N5O2S/c1-11-25-6-3-16(26-11)30-12-4-7-28(8-5-12)15-9-14(20(21,22)23)18-17(27-15)13(10-31-18)19(29)24-2/h3,6,9-10,12H,4-5,7-8H2,1-2H3,(H,24,29). The van der Waals surface area contributed by atoms with Gasteiger partial charge in [0.25, 0.3) is 5.91 Å². The van der Waals surface area contributed by atoms with Gasteiger partial charge in [-0.25, -0.2) is 9.97 Å². The molecule has 1 aliphatic heterocycles. The second kappa shape index (κ2) is 8.29. The first kappa shape index (κ1) is 21.3. The lowest BCUT2D eigenvalue weighted by Gasteiger charge is -2.33. The highest BCUT2D eigenvalue weighted by Crippen LogP contribution is 2.40. The number of carbonyl (C=O) groups excluding carboxylic acids is 1. The van der Waals surface area contributed by atoms with E-state index in [1.807, 2.05) is 0 Å². The number of hydrogen-bond acceptors (Lipinski definition) is 7. The summed E-state index contributed by atoms with van der Waals surface area (Å²) in [7, 11) is 1.43. The van der Waals surface area contributed by atoms with E-state index in [0.717, 1.165) is 17.4 Å². The van der Waals surface area contributed by atoms with Crippen molar-refractivity contribution in [3.63, 3.8) is 0 Å². The molecule has 1 N–H and O–H groups in total. The zero-order valence-corrected chi connectivity index (χ0v) is 17.7. The van der Waals surface area contributed by atoms with Crippen LogP contribution in [0.3, 0.4) is 0 Å². The minimum atomic E-state index is -4.55. The van der Waals surface area contributed by atoms with Gasteiger partial charge in [-0.15, -0.1) is 11.3 Å². The molecule has 0 spiro atoms. The number of alkyl halides is 3. The molecule has 7 nitrogen and oxygen atoms in total. The van der Waals surface area contributed by atoms with Gasteiger partial charge in [0.05, 0.1) is 21.3 Å². The molecule has 31 heavy (non-hydrogen) atoms. The van der Waals surface area contributed by atoms with Crippen LogP contribution in [0.4, 0.5) is 19.0 Å². The van der Waals surface area contributed by atoms with Crippen molar-refractivity contribution in [3.05, 3.63) is 40.7 Å². The number of rotatable bonds is 4. The van der Waals surface area contributed by atoms with Crippen LogP contribution in [0.25, 0.3) is 10.2 Å². The van der Waals surface area contributed by atoms with E-state index in [1.54, 1.807) is 24.1 Å². The summed E-state index contributed by atoms with van der Waals surface area (Å²) in [5.41, 5.74) is -0.557. The number of amides is 1. The molecular weight excluding hydrogens is 431 g/mol. The van der Waals surface area contributed by atoms with Crippen LogP contribution in [-0.4, -0.2) is 47.1 Å². The minimum absolute atomic E-state index is 0.0350. The van der Waals surface area contributed by atoms with E-state index < -0.39 is 17.6 Å². The van der Waals surface area contributed by atoms with Gasteiger partial charge in [0, 0.05) is 50.6 Å². The summed E-state index contributed by atoms with van der Waals surface area (Å²) in [4.78, 5) is 26.6. The Morgan fingerprint density at radius 3 is 2.68 bits per heavy atom. The largest absolute Gasteiger partial charge is 0.474 e. The molecule has 4 rings (SSSR count). The lowest BCUT2D eigenvalue weighted by atomic mass is 10.1. The van der Waals surface area contributed by atoms with Crippen LogP contribution >= 0.6 is 11.3 Å². The highest BCUT2D eigenvalue weighted by atomic mass is 32.1. The van der Waals surface area contributed by atoms with Gasteiger partial charge in [-0.1, -0.05) is 0 Å². The molecule has 0 saturated carbocycles. The van der Waals surface area contributed by atoms with Gasteiger partial charge in [-0.2, -0.15) is 18.2 Å². The SMILES string of the molecule is CNC(=O)c1csc2c(C(F)(F)F)cc(N3CCC(Oc4ccnc(C)n4)CC3)nc12. The third kappa shape index (κ3) is 4.41. The predicted octanol–water partition coefficient (Wildman–Crippen LogP) is 3.82. The van der Waals surface area contributed by atoms with Crippen molar-refractivity contribution in [2.45, 2.75) is 32.0 Å². The molecule has 0 radical (unpaired) electrons. The number of aromatic nitrogens is 3.